The normalized spacial score (nSPS) is 12.6. The van der Waals surface area contributed by atoms with Crippen LogP contribution in [0.4, 0.5) is 0 Å². The van der Waals surface area contributed by atoms with E-state index in [4.69, 9.17) is 10.3 Å². The number of pyridine rings is 1. The molecule has 0 radical (unpaired) electrons. The maximum atomic E-state index is 5.99. The third-order valence-corrected chi connectivity index (χ3v) is 4.09. The number of hydrogen-bond donors (Lipinski definition) is 1. The first-order chi connectivity index (χ1) is 9.11. The molecule has 0 spiro atoms. The molecular weight excluding hydrogens is 396 g/mol. The van der Waals surface area contributed by atoms with Crippen molar-refractivity contribution in [1.82, 2.24) is 15.1 Å². The van der Waals surface area contributed by atoms with E-state index in [1.54, 1.807) is 18.0 Å². The summed E-state index contributed by atoms with van der Waals surface area (Å²) in [4.78, 5) is 8.56. The Bertz CT molecular complexity index is 563. The Labute approximate surface area is 132 Å². The second-order valence-electron chi connectivity index (χ2n) is 3.83. The zero-order valence-corrected chi connectivity index (χ0v) is 14.1. The Morgan fingerprint density at radius 1 is 1.47 bits per heavy atom. The summed E-state index contributed by atoms with van der Waals surface area (Å²) in [5.41, 5.74) is 6.62. The predicted molar refractivity (Wildman–Crippen MR) is 82.9 cm³/mol. The van der Waals surface area contributed by atoms with Crippen molar-refractivity contribution >= 4 is 43.6 Å². The fourth-order valence-corrected chi connectivity index (χ4v) is 3.08. The Hall–Kier alpha value is -0.440. The molecule has 8 heteroatoms. The number of aromatic nitrogens is 3. The van der Waals surface area contributed by atoms with Gasteiger partial charge in [0.1, 0.15) is 5.69 Å². The van der Waals surface area contributed by atoms with E-state index in [1.165, 1.54) is 0 Å². The first-order valence-corrected chi connectivity index (χ1v) is 8.49. The maximum Gasteiger partial charge on any atom is 0.243 e. The second-order valence-corrected chi connectivity index (χ2v) is 6.58. The third-order valence-electron chi connectivity index (χ3n) is 2.41. The van der Waals surface area contributed by atoms with E-state index in [1.807, 2.05) is 12.3 Å². The van der Waals surface area contributed by atoms with Gasteiger partial charge >= 0.3 is 0 Å². The first-order valence-electron chi connectivity index (χ1n) is 5.51. The summed E-state index contributed by atoms with van der Waals surface area (Å²) in [5.74, 6) is 1.84. The molecule has 2 aromatic heterocycles. The van der Waals surface area contributed by atoms with Gasteiger partial charge in [0.15, 0.2) is 0 Å². The average Bonchev–Trinajstić information content (AvgIpc) is 2.85. The standard InChI is InChI=1S/C11H12Br2N4OS/c1-19-3-2-8(14)11-16-10(17-18-11)9-7(13)4-6(12)5-15-9/h4-5,8H,2-3,14H2,1H3. The minimum absolute atomic E-state index is 0.233. The molecule has 5 nitrogen and oxygen atoms in total. The molecule has 2 aromatic rings. The smallest absolute Gasteiger partial charge is 0.243 e. The van der Waals surface area contributed by atoms with Gasteiger partial charge in [0, 0.05) is 15.1 Å². The average molecular weight is 408 g/mol. The number of thioether (sulfide) groups is 1. The van der Waals surface area contributed by atoms with Gasteiger partial charge in [-0.15, -0.1) is 0 Å². The monoisotopic (exact) mass is 406 g/mol. The van der Waals surface area contributed by atoms with E-state index in [0.717, 1.165) is 21.1 Å². The molecule has 0 bridgehead atoms. The van der Waals surface area contributed by atoms with Crippen LogP contribution >= 0.6 is 43.6 Å². The van der Waals surface area contributed by atoms with Gasteiger partial charge in [0.25, 0.3) is 0 Å². The van der Waals surface area contributed by atoms with Gasteiger partial charge in [0.2, 0.25) is 11.7 Å². The molecule has 19 heavy (non-hydrogen) atoms. The molecule has 2 N–H and O–H groups in total. The summed E-state index contributed by atoms with van der Waals surface area (Å²) >= 11 is 8.51. The molecule has 0 saturated heterocycles. The summed E-state index contributed by atoms with van der Waals surface area (Å²) in [6, 6.07) is 1.65. The van der Waals surface area contributed by atoms with E-state index in [-0.39, 0.29) is 6.04 Å². The zero-order valence-electron chi connectivity index (χ0n) is 10.1. The first kappa shape index (κ1) is 15.0. The van der Waals surface area contributed by atoms with Crippen molar-refractivity contribution in [2.24, 2.45) is 5.73 Å². The highest BCUT2D eigenvalue weighted by atomic mass is 79.9. The lowest BCUT2D eigenvalue weighted by Gasteiger charge is -2.03. The fourth-order valence-electron chi connectivity index (χ4n) is 1.43. The van der Waals surface area contributed by atoms with Gasteiger partial charge in [-0.3, -0.25) is 4.98 Å². The van der Waals surface area contributed by atoms with Crippen LogP contribution in [-0.4, -0.2) is 27.1 Å². The van der Waals surface area contributed by atoms with Gasteiger partial charge in [-0.1, -0.05) is 5.16 Å². The summed E-state index contributed by atoms with van der Waals surface area (Å²) in [7, 11) is 0. The van der Waals surface area contributed by atoms with Gasteiger partial charge < -0.3 is 10.3 Å². The van der Waals surface area contributed by atoms with Gasteiger partial charge in [0.05, 0.1) is 6.04 Å². The van der Waals surface area contributed by atoms with Gasteiger partial charge in [-0.05, 0) is 56.4 Å². The largest absolute Gasteiger partial charge is 0.337 e. The van der Waals surface area contributed by atoms with Crippen LogP contribution in [0.25, 0.3) is 11.5 Å². The quantitative estimate of drug-likeness (QED) is 0.818. The van der Waals surface area contributed by atoms with Crippen LogP contribution in [0.15, 0.2) is 25.7 Å². The highest BCUT2D eigenvalue weighted by Gasteiger charge is 2.17. The van der Waals surface area contributed by atoms with Gasteiger partial charge in [-0.25, -0.2) is 0 Å². The zero-order chi connectivity index (χ0) is 13.8. The Morgan fingerprint density at radius 3 is 2.95 bits per heavy atom. The molecule has 2 rings (SSSR count). The molecule has 0 aliphatic rings. The Morgan fingerprint density at radius 2 is 2.26 bits per heavy atom. The van der Waals surface area contributed by atoms with Crippen LogP contribution in [0.1, 0.15) is 18.4 Å². The number of nitrogens with zero attached hydrogens (tertiary/aromatic N) is 3. The molecule has 0 fully saturated rings. The van der Waals surface area contributed by atoms with Crippen molar-refractivity contribution in [3.8, 4) is 11.5 Å². The number of nitrogens with two attached hydrogens (primary N) is 1. The molecule has 0 aromatic carbocycles. The van der Waals surface area contributed by atoms with Crippen molar-refractivity contribution in [3.05, 3.63) is 27.1 Å². The van der Waals surface area contributed by atoms with E-state index in [9.17, 15) is 0 Å². The van der Waals surface area contributed by atoms with Crippen molar-refractivity contribution < 1.29 is 4.52 Å². The van der Waals surface area contributed by atoms with Crippen LogP contribution in [0.2, 0.25) is 0 Å². The molecule has 0 saturated carbocycles. The van der Waals surface area contributed by atoms with Crippen molar-refractivity contribution in [2.45, 2.75) is 12.5 Å². The summed E-state index contributed by atoms with van der Waals surface area (Å²) < 4.78 is 6.87. The highest BCUT2D eigenvalue weighted by Crippen LogP contribution is 2.27. The molecule has 0 aliphatic heterocycles. The lowest BCUT2D eigenvalue weighted by Crippen LogP contribution is -2.11. The maximum absolute atomic E-state index is 5.99. The molecule has 1 atom stereocenters. The highest BCUT2D eigenvalue weighted by molar-refractivity contribution is 9.11. The summed E-state index contributed by atoms with van der Waals surface area (Å²) in [5, 5.41) is 3.93. The molecule has 1 unspecified atom stereocenters. The SMILES string of the molecule is CSCCC(N)c1nc(-c2ncc(Br)cc2Br)no1. The summed E-state index contributed by atoms with van der Waals surface area (Å²) in [6.45, 7) is 0. The number of halogens is 2. The molecular formula is C11H12Br2N4OS. The second kappa shape index (κ2) is 6.83. The van der Waals surface area contributed by atoms with Gasteiger partial charge in [-0.2, -0.15) is 16.7 Å². The van der Waals surface area contributed by atoms with Crippen LogP contribution in [0, 0.1) is 0 Å². The predicted octanol–water partition coefficient (Wildman–Crippen LogP) is 3.41. The molecule has 0 amide bonds. The molecule has 2 heterocycles. The minimum atomic E-state index is -0.233. The number of hydrogen-bond acceptors (Lipinski definition) is 6. The molecule has 0 aliphatic carbocycles. The minimum Gasteiger partial charge on any atom is -0.337 e. The lowest BCUT2D eigenvalue weighted by molar-refractivity contribution is 0.353. The third kappa shape index (κ3) is 3.77. The van der Waals surface area contributed by atoms with Crippen LogP contribution in [-0.2, 0) is 0 Å². The fraction of sp³-hybridized carbons (Fsp3) is 0.364. The Balaban J connectivity index is 2.20. The molecule has 102 valence electrons. The van der Waals surface area contributed by atoms with E-state index >= 15 is 0 Å². The summed E-state index contributed by atoms with van der Waals surface area (Å²) in [6.07, 6.45) is 4.52. The Kier molecular flexibility index (Phi) is 5.37. The number of rotatable bonds is 5. The van der Waals surface area contributed by atoms with E-state index in [0.29, 0.717) is 17.4 Å². The van der Waals surface area contributed by atoms with Crippen molar-refractivity contribution in [1.29, 1.82) is 0 Å². The van der Waals surface area contributed by atoms with Crippen molar-refractivity contribution in [2.75, 3.05) is 12.0 Å². The topological polar surface area (TPSA) is 77.8 Å². The van der Waals surface area contributed by atoms with Crippen LogP contribution < -0.4 is 5.73 Å². The van der Waals surface area contributed by atoms with Crippen molar-refractivity contribution in [3.63, 3.8) is 0 Å². The van der Waals surface area contributed by atoms with E-state index < -0.39 is 0 Å². The van der Waals surface area contributed by atoms with Crippen LogP contribution in [0.5, 0.6) is 0 Å². The van der Waals surface area contributed by atoms with Crippen LogP contribution in [0.3, 0.4) is 0 Å². The lowest BCUT2D eigenvalue weighted by atomic mass is 10.2. The van der Waals surface area contributed by atoms with E-state index in [2.05, 4.69) is 47.0 Å².